The lowest BCUT2D eigenvalue weighted by Gasteiger charge is -2.21. The molecule has 0 heterocycles. The molecule has 0 saturated heterocycles. The summed E-state index contributed by atoms with van der Waals surface area (Å²) < 4.78 is 18.1. The number of carbonyl (C=O) groups excluding carboxylic acids is 2. The Kier molecular flexibility index (Phi) is 7.99. The molecule has 0 aliphatic carbocycles. The van der Waals surface area contributed by atoms with Crippen LogP contribution in [0.3, 0.4) is 0 Å². The zero-order chi connectivity index (χ0) is 19.6. The number of rotatable bonds is 9. The van der Waals surface area contributed by atoms with Crippen molar-refractivity contribution in [3.63, 3.8) is 0 Å². The fourth-order valence-electron chi connectivity index (χ4n) is 2.87. The van der Waals surface area contributed by atoms with Gasteiger partial charge in [-0.15, -0.1) is 0 Å². The van der Waals surface area contributed by atoms with Crippen molar-refractivity contribution in [3.05, 3.63) is 71.5 Å². The molecule has 0 unspecified atom stereocenters. The minimum atomic E-state index is -0.386. The van der Waals surface area contributed by atoms with E-state index in [1.165, 1.54) is 12.1 Å². The van der Waals surface area contributed by atoms with E-state index in [1.54, 1.807) is 12.1 Å². The Morgan fingerprint density at radius 1 is 1.07 bits per heavy atom. The van der Waals surface area contributed by atoms with Gasteiger partial charge >= 0.3 is 5.97 Å². The minimum absolute atomic E-state index is 0.112. The summed E-state index contributed by atoms with van der Waals surface area (Å²) in [6, 6.07) is 15.6. The van der Waals surface area contributed by atoms with Crippen LogP contribution in [-0.4, -0.2) is 25.0 Å². The van der Waals surface area contributed by atoms with Gasteiger partial charge in [0.15, 0.2) is 6.61 Å². The van der Waals surface area contributed by atoms with Crippen molar-refractivity contribution < 1.29 is 18.7 Å². The Hall–Kier alpha value is -2.69. The number of amides is 1. The van der Waals surface area contributed by atoms with Crippen LogP contribution >= 0.6 is 0 Å². The summed E-state index contributed by atoms with van der Waals surface area (Å²) in [6.07, 6.45) is 1.41. The van der Waals surface area contributed by atoms with Crippen LogP contribution in [0, 0.1) is 11.7 Å². The zero-order valence-electron chi connectivity index (χ0n) is 15.8. The summed E-state index contributed by atoms with van der Waals surface area (Å²) in [5, 5.41) is 2.71. The fraction of sp³-hybridized carbons (Fsp3) is 0.364. The second kappa shape index (κ2) is 10.5. The number of nitrogens with one attached hydrogen (secondary N) is 1. The molecule has 4 nitrogen and oxygen atoms in total. The number of ether oxygens (including phenoxy) is 1. The van der Waals surface area contributed by atoms with Crippen LogP contribution in [0.15, 0.2) is 54.6 Å². The van der Waals surface area contributed by atoms with Gasteiger partial charge in [0.05, 0.1) is 5.92 Å². The quantitative estimate of drug-likeness (QED) is 0.681. The summed E-state index contributed by atoms with van der Waals surface area (Å²) in [5.41, 5.74) is 1.82. The molecular formula is C22H26FNO3. The summed E-state index contributed by atoms with van der Waals surface area (Å²) in [5.74, 6) is -1.29. The average Bonchev–Trinajstić information content (AvgIpc) is 2.68. The van der Waals surface area contributed by atoms with E-state index in [0.717, 1.165) is 17.5 Å². The molecule has 0 radical (unpaired) electrons. The highest BCUT2D eigenvalue weighted by Crippen LogP contribution is 2.28. The third-order valence-electron chi connectivity index (χ3n) is 4.62. The van der Waals surface area contributed by atoms with E-state index in [4.69, 9.17) is 4.74 Å². The first-order chi connectivity index (χ1) is 13.0. The molecule has 144 valence electrons. The van der Waals surface area contributed by atoms with Crippen molar-refractivity contribution >= 4 is 11.9 Å². The van der Waals surface area contributed by atoms with Crippen molar-refractivity contribution in [2.75, 3.05) is 13.2 Å². The van der Waals surface area contributed by atoms with E-state index in [0.29, 0.717) is 13.0 Å². The van der Waals surface area contributed by atoms with Gasteiger partial charge in [-0.25, -0.2) is 4.39 Å². The van der Waals surface area contributed by atoms with Crippen molar-refractivity contribution in [2.24, 2.45) is 5.92 Å². The number of halogens is 1. The molecule has 2 aromatic rings. The molecule has 0 bridgehead atoms. The summed E-state index contributed by atoms with van der Waals surface area (Å²) in [4.78, 5) is 24.5. The van der Waals surface area contributed by atoms with E-state index in [1.807, 2.05) is 44.2 Å². The Labute approximate surface area is 159 Å². The van der Waals surface area contributed by atoms with Crippen LogP contribution in [0.1, 0.15) is 37.3 Å². The van der Waals surface area contributed by atoms with Gasteiger partial charge in [0.2, 0.25) is 0 Å². The van der Waals surface area contributed by atoms with Gasteiger partial charge in [-0.2, -0.15) is 0 Å². The molecule has 2 rings (SSSR count). The highest BCUT2D eigenvalue weighted by atomic mass is 19.1. The third-order valence-corrected chi connectivity index (χ3v) is 4.62. The van der Waals surface area contributed by atoms with Gasteiger partial charge in [0.1, 0.15) is 5.82 Å². The van der Waals surface area contributed by atoms with Crippen LogP contribution in [0.4, 0.5) is 4.39 Å². The number of carbonyl (C=O) groups is 2. The molecule has 1 N–H and O–H groups in total. The molecule has 0 spiro atoms. The van der Waals surface area contributed by atoms with E-state index >= 15 is 0 Å². The third kappa shape index (κ3) is 6.51. The standard InChI is InChI=1S/C22H26FNO3/c1-3-16(2)21(18-7-5-4-6-8-18)22(26)27-15-20(25)24-14-13-17-9-11-19(23)12-10-17/h4-12,16,21H,3,13-15H2,1-2H3,(H,24,25)/t16-,21-/m0/s1. The Balaban J connectivity index is 1.81. The van der Waals surface area contributed by atoms with Gasteiger partial charge in [-0.05, 0) is 35.6 Å². The van der Waals surface area contributed by atoms with E-state index in [2.05, 4.69) is 5.32 Å². The van der Waals surface area contributed by atoms with Crippen LogP contribution in [-0.2, 0) is 20.7 Å². The largest absolute Gasteiger partial charge is 0.455 e. The predicted octanol–water partition coefficient (Wildman–Crippen LogP) is 3.86. The highest BCUT2D eigenvalue weighted by Gasteiger charge is 2.27. The SMILES string of the molecule is CC[C@H](C)[C@H](C(=O)OCC(=O)NCCc1ccc(F)cc1)c1ccccc1. The molecule has 0 fully saturated rings. The van der Waals surface area contributed by atoms with Gasteiger partial charge in [0, 0.05) is 6.54 Å². The molecule has 2 atom stereocenters. The number of benzene rings is 2. The lowest BCUT2D eigenvalue weighted by molar-refractivity contribution is -0.151. The maximum absolute atomic E-state index is 12.9. The van der Waals surface area contributed by atoms with Gasteiger partial charge in [0.25, 0.3) is 5.91 Å². The predicted molar refractivity (Wildman–Crippen MR) is 103 cm³/mol. The zero-order valence-corrected chi connectivity index (χ0v) is 15.8. The average molecular weight is 371 g/mol. The smallest absolute Gasteiger partial charge is 0.314 e. The van der Waals surface area contributed by atoms with Gasteiger partial charge in [-0.3, -0.25) is 9.59 Å². The molecule has 0 aromatic heterocycles. The summed E-state index contributed by atoms with van der Waals surface area (Å²) in [7, 11) is 0. The minimum Gasteiger partial charge on any atom is -0.455 e. The first-order valence-electron chi connectivity index (χ1n) is 9.24. The molecule has 1 amide bonds. The number of hydrogen-bond acceptors (Lipinski definition) is 3. The molecule has 0 saturated carbocycles. The van der Waals surface area contributed by atoms with Crippen molar-refractivity contribution in [1.29, 1.82) is 0 Å². The maximum Gasteiger partial charge on any atom is 0.314 e. The summed E-state index contributed by atoms with van der Waals surface area (Å²) >= 11 is 0. The maximum atomic E-state index is 12.9. The Bertz CT molecular complexity index is 731. The van der Waals surface area contributed by atoms with Crippen molar-refractivity contribution in [3.8, 4) is 0 Å². The second-order valence-corrected chi connectivity index (χ2v) is 6.61. The van der Waals surface area contributed by atoms with Crippen LogP contribution < -0.4 is 5.32 Å². The van der Waals surface area contributed by atoms with Gasteiger partial charge in [-0.1, -0.05) is 62.7 Å². The Morgan fingerprint density at radius 2 is 1.74 bits per heavy atom. The molecule has 0 aliphatic rings. The number of hydrogen-bond donors (Lipinski definition) is 1. The highest BCUT2D eigenvalue weighted by molar-refractivity contribution is 5.83. The lowest BCUT2D eigenvalue weighted by atomic mass is 9.86. The van der Waals surface area contributed by atoms with Crippen molar-refractivity contribution in [2.45, 2.75) is 32.6 Å². The van der Waals surface area contributed by atoms with Crippen LogP contribution in [0.2, 0.25) is 0 Å². The molecule has 0 aliphatic heterocycles. The number of esters is 1. The van der Waals surface area contributed by atoms with E-state index in [-0.39, 0.29) is 36.1 Å². The van der Waals surface area contributed by atoms with Crippen LogP contribution in [0.5, 0.6) is 0 Å². The first kappa shape index (κ1) is 20.6. The second-order valence-electron chi connectivity index (χ2n) is 6.61. The van der Waals surface area contributed by atoms with E-state index in [9.17, 15) is 14.0 Å². The molecular weight excluding hydrogens is 345 g/mol. The lowest BCUT2D eigenvalue weighted by Crippen LogP contribution is -2.32. The monoisotopic (exact) mass is 371 g/mol. The van der Waals surface area contributed by atoms with Crippen LogP contribution in [0.25, 0.3) is 0 Å². The van der Waals surface area contributed by atoms with Gasteiger partial charge < -0.3 is 10.1 Å². The molecule has 27 heavy (non-hydrogen) atoms. The first-order valence-corrected chi connectivity index (χ1v) is 9.24. The topological polar surface area (TPSA) is 55.4 Å². The normalized spacial score (nSPS) is 12.9. The summed E-state index contributed by atoms with van der Waals surface area (Å²) in [6.45, 7) is 4.12. The Morgan fingerprint density at radius 3 is 2.37 bits per heavy atom. The van der Waals surface area contributed by atoms with Crippen molar-refractivity contribution in [1.82, 2.24) is 5.32 Å². The fourth-order valence-corrected chi connectivity index (χ4v) is 2.87. The van der Waals surface area contributed by atoms with E-state index < -0.39 is 0 Å². The molecule has 2 aromatic carbocycles. The molecule has 5 heteroatoms.